The largest absolute Gasteiger partial charge is 0.297 e. The second-order valence-electron chi connectivity index (χ2n) is 4.77. The van der Waals surface area contributed by atoms with Gasteiger partial charge in [0.2, 0.25) is 5.91 Å². The molecule has 0 N–H and O–H groups in total. The molecule has 1 aliphatic carbocycles. The Morgan fingerprint density at radius 2 is 2.00 bits per heavy atom. The molecule has 0 radical (unpaired) electrons. The van der Waals surface area contributed by atoms with E-state index in [1.165, 1.54) is 12.8 Å². The first-order valence-corrected chi connectivity index (χ1v) is 6.11. The van der Waals surface area contributed by atoms with Gasteiger partial charge in [-0.25, -0.2) is 4.68 Å². The number of anilines is 1. The van der Waals surface area contributed by atoms with Gasteiger partial charge in [-0.05, 0) is 12.8 Å². The minimum Gasteiger partial charge on any atom is -0.297 e. The van der Waals surface area contributed by atoms with Gasteiger partial charge in [-0.3, -0.25) is 14.5 Å². The molecule has 0 spiro atoms. The topological polar surface area (TPSA) is 55.2 Å². The molecular weight excluding hydrogens is 218 g/mol. The van der Waals surface area contributed by atoms with Gasteiger partial charge >= 0.3 is 0 Å². The number of rotatable bonds is 2. The smallest absolute Gasteiger partial charge is 0.236 e. The van der Waals surface area contributed by atoms with Crippen LogP contribution in [0.2, 0.25) is 0 Å². The SMILES string of the molecule is O=C1CC(=O)N(c2ccnn2C2CCCC2)C1. The summed E-state index contributed by atoms with van der Waals surface area (Å²) in [6.07, 6.45) is 6.42. The number of carbonyl (C=O) groups is 2. The second kappa shape index (κ2) is 3.98. The fraction of sp³-hybridized carbons (Fsp3) is 0.583. The first-order chi connectivity index (χ1) is 8.25. The van der Waals surface area contributed by atoms with Crippen molar-refractivity contribution >= 4 is 17.5 Å². The van der Waals surface area contributed by atoms with E-state index in [9.17, 15) is 9.59 Å². The van der Waals surface area contributed by atoms with E-state index < -0.39 is 0 Å². The van der Waals surface area contributed by atoms with Gasteiger partial charge in [0, 0.05) is 6.07 Å². The second-order valence-corrected chi connectivity index (χ2v) is 4.77. The Hall–Kier alpha value is -1.65. The van der Waals surface area contributed by atoms with Crippen molar-refractivity contribution in [1.82, 2.24) is 9.78 Å². The minimum absolute atomic E-state index is 0.00540. The highest BCUT2D eigenvalue weighted by molar-refractivity contribution is 6.14. The monoisotopic (exact) mass is 233 g/mol. The van der Waals surface area contributed by atoms with E-state index in [1.54, 1.807) is 11.1 Å². The summed E-state index contributed by atoms with van der Waals surface area (Å²) in [5, 5.41) is 4.31. The molecule has 0 unspecified atom stereocenters. The summed E-state index contributed by atoms with van der Waals surface area (Å²) >= 11 is 0. The zero-order chi connectivity index (χ0) is 11.8. The lowest BCUT2D eigenvalue weighted by molar-refractivity contribution is -0.121. The van der Waals surface area contributed by atoms with E-state index in [1.807, 2.05) is 10.7 Å². The van der Waals surface area contributed by atoms with Gasteiger partial charge in [-0.1, -0.05) is 12.8 Å². The molecule has 1 saturated heterocycles. The maximum atomic E-state index is 11.7. The molecule has 2 heterocycles. The van der Waals surface area contributed by atoms with E-state index >= 15 is 0 Å². The minimum atomic E-state index is -0.102. The van der Waals surface area contributed by atoms with Crippen molar-refractivity contribution in [2.45, 2.75) is 38.1 Å². The Bertz CT molecular complexity index is 460. The van der Waals surface area contributed by atoms with Crippen LogP contribution in [-0.2, 0) is 9.59 Å². The summed E-state index contributed by atoms with van der Waals surface area (Å²) in [4.78, 5) is 24.6. The highest BCUT2D eigenvalue weighted by atomic mass is 16.2. The van der Waals surface area contributed by atoms with Crippen LogP contribution in [0.15, 0.2) is 12.3 Å². The molecule has 1 aromatic heterocycles. The molecule has 1 amide bonds. The first-order valence-electron chi connectivity index (χ1n) is 6.11. The summed E-state index contributed by atoms with van der Waals surface area (Å²) in [7, 11) is 0. The number of amides is 1. The number of hydrogen-bond donors (Lipinski definition) is 0. The maximum absolute atomic E-state index is 11.7. The average Bonchev–Trinajstić information content (AvgIpc) is 2.97. The number of Topliss-reactive ketones (excluding diaryl/α,β-unsaturated/α-hetero) is 1. The van der Waals surface area contributed by atoms with Crippen LogP contribution in [0.1, 0.15) is 38.1 Å². The van der Waals surface area contributed by atoms with Gasteiger partial charge in [-0.15, -0.1) is 0 Å². The molecule has 2 aliphatic rings. The quantitative estimate of drug-likeness (QED) is 0.723. The molecule has 1 saturated carbocycles. The lowest BCUT2D eigenvalue weighted by atomic mass is 10.2. The van der Waals surface area contributed by atoms with Crippen molar-refractivity contribution < 1.29 is 9.59 Å². The Labute approximate surface area is 99.4 Å². The van der Waals surface area contributed by atoms with Crippen LogP contribution in [-0.4, -0.2) is 28.0 Å². The van der Waals surface area contributed by atoms with Gasteiger partial charge in [-0.2, -0.15) is 5.10 Å². The summed E-state index contributed by atoms with van der Waals surface area (Å²) in [5.41, 5.74) is 0. The predicted molar refractivity (Wildman–Crippen MR) is 61.7 cm³/mol. The molecule has 1 aliphatic heterocycles. The molecule has 1 aromatic rings. The van der Waals surface area contributed by atoms with Crippen molar-refractivity contribution in [2.75, 3.05) is 11.4 Å². The maximum Gasteiger partial charge on any atom is 0.236 e. The van der Waals surface area contributed by atoms with E-state index in [0.717, 1.165) is 18.7 Å². The summed E-state index contributed by atoms with van der Waals surface area (Å²) in [6, 6.07) is 2.22. The van der Waals surface area contributed by atoms with Gasteiger partial charge in [0.1, 0.15) is 5.82 Å². The molecule has 17 heavy (non-hydrogen) atoms. The van der Waals surface area contributed by atoms with Crippen LogP contribution in [0.3, 0.4) is 0 Å². The van der Waals surface area contributed by atoms with E-state index in [2.05, 4.69) is 5.10 Å². The standard InChI is InChI=1S/C12H15N3O2/c16-10-7-12(17)14(8-10)11-5-6-13-15(11)9-3-1-2-4-9/h5-6,9H,1-4,7-8H2. The fourth-order valence-electron chi connectivity index (χ4n) is 2.74. The highest BCUT2D eigenvalue weighted by Crippen LogP contribution is 2.33. The predicted octanol–water partition coefficient (Wildman–Crippen LogP) is 1.30. The molecule has 90 valence electrons. The molecule has 5 nitrogen and oxygen atoms in total. The van der Waals surface area contributed by atoms with Crippen molar-refractivity contribution in [3.05, 3.63) is 12.3 Å². The van der Waals surface area contributed by atoms with Gasteiger partial charge < -0.3 is 0 Å². The third kappa shape index (κ3) is 1.75. The Morgan fingerprint density at radius 1 is 1.24 bits per heavy atom. The molecule has 5 heteroatoms. The number of nitrogens with zero attached hydrogens (tertiary/aromatic N) is 3. The van der Waals surface area contributed by atoms with Gasteiger partial charge in [0.15, 0.2) is 5.78 Å². The van der Waals surface area contributed by atoms with E-state index in [-0.39, 0.29) is 24.7 Å². The molecule has 0 atom stereocenters. The van der Waals surface area contributed by atoms with Crippen molar-refractivity contribution in [3.8, 4) is 0 Å². The zero-order valence-corrected chi connectivity index (χ0v) is 9.63. The fourth-order valence-corrected chi connectivity index (χ4v) is 2.74. The molecule has 0 aromatic carbocycles. The Balaban J connectivity index is 1.90. The van der Waals surface area contributed by atoms with E-state index in [4.69, 9.17) is 0 Å². The van der Waals surface area contributed by atoms with Gasteiger partial charge in [0.25, 0.3) is 0 Å². The van der Waals surface area contributed by atoms with Crippen LogP contribution in [0, 0.1) is 0 Å². The summed E-state index contributed by atoms with van der Waals surface area (Å²) < 4.78 is 1.92. The molecule has 2 fully saturated rings. The van der Waals surface area contributed by atoms with Crippen molar-refractivity contribution in [1.29, 1.82) is 0 Å². The molecule has 0 bridgehead atoms. The Kier molecular flexibility index (Phi) is 2.46. The van der Waals surface area contributed by atoms with Gasteiger partial charge in [0.05, 0.1) is 25.2 Å². The van der Waals surface area contributed by atoms with Crippen LogP contribution < -0.4 is 4.90 Å². The highest BCUT2D eigenvalue weighted by Gasteiger charge is 2.32. The summed E-state index contributed by atoms with van der Waals surface area (Å²) in [6.45, 7) is 0.206. The normalized spacial score (nSPS) is 21.8. The third-order valence-corrected chi connectivity index (χ3v) is 3.58. The van der Waals surface area contributed by atoms with Crippen molar-refractivity contribution in [2.24, 2.45) is 0 Å². The van der Waals surface area contributed by atoms with Crippen LogP contribution in [0.25, 0.3) is 0 Å². The summed E-state index contributed by atoms with van der Waals surface area (Å²) in [5.74, 6) is 0.677. The van der Waals surface area contributed by atoms with Crippen LogP contribution in [0.5, 0.6) is 0 Å². The number of aromatic nitrogens is 2. The van der Waals surface area contributed by atoms with Crippen LogP contribution >= 0.6 is 0 Å². The number of hydrogen-bond acceptors (Lipinski definition) is 3. The number of ketones is 1. The zero-order valence-electron chi connectivity index (χ0n) is 9.63. The third-order valence-electron chi connectivity index (χ3n) is 3.58. The van der Waals surface area contributed by atoms with Crippen molar-refractivity contribution in [3.63, 3.8) is 0 Å². The lowest BCUT2D eigenvalue weighted by Crippen LogP contribution is -2.28. The molecule has 3 rings (SSSR count). The average molecular weight is 233 g/mol. The number of carbonyl (C=O) groups excluding carboxylic acids is 2. The first kappa shape index (κ1) is 10.5. The Morgan fingerprint density at radius 3 is 2.65 bits per heavy atom. The molecular formula is C12H15N3O2. The van der Waals surface area contributed by atoms with Crippen LogP contribution in [0.4, 0.5) is 5.82 Å². The van der Waals surface area contributed by atoms with E-state index in [0.29, 0.717) is 6.04 Å². The lowest BCUT2D eigenvalue weighted by Gasteiger charge is -2.20.